The van der Waals surface area contributed by atoms with Crippen LogP contribution in [0.3, 0.4) is 0 Å². The summed E-state index contributed by atoms with van der Waals surface area (Å²) >= 11 is 0. The number of methoxy groups -OCH3 is 1. The summed E-state index contributed by atoms with van der Waals surface area (Å²) in [7, 11) is -4.77. The number of aryl methyl sites for hydroxylation is 1. The molecule has 0 aliphatic carbocycles. The molecule has 0 amide bonds. The smallest absolute Gasteiger partial charge is 0.465 e. The maximum Gasteiger partial charge on any atom is 0.534 e. The van der Waals surface area contributed by atoms with Crippen LogP contribution in [0.2, 0.25) is 0 Å². The van der Waals surface area contributed by atoms with Crippen molar-refractivity contribution < 1.29 is 35.3 Å². The van der Waals surface area contributed by atoms with Gasteiger partial charge in [-0.2, -0.15) is 21.6 Å². The maximum absolute atomic E-state index is 12.1. The molecule has 0 unspecified atom stereocenters. The molecule has 0 bridgehead atoms. The number of carbonyl (C=O) groups excluding carboxylic acids is 1. The van der Waals surface area contributed by atoms with Crippen molar-refractivity contribution in [2.24, 2.45) is 0 Å². The number of pyridine rings is 1. The first-order valence-electron chi connectivity index (χ1n) is 4.64. The molecule has 6 nitrogen and oxygen atoms in total. The fourth-order valence-corrected chi connectivity index (χ4v) is 1.48. The van der Waals surface area contributed by atoms with Crippen LogP contribution >= 0.6 is 0 Å². The van der Waals surface area contributed by atoms with Crippen LogP contribution in [-0.2, 0) is 14.9 Å². The predicted molar refractivity (Wildman–Crippen MR) is 55.9 cm³/mol. The number of nitrogens with zero attached hydrogens (tertiary/aromatic N) is 1. The summed E-state index contributed by atoms with van der Waals surface area (Å²) in [6, 6.07) is 1.95. The first-order chi connectivity index (χ1) is 8.56. The van der Waals surface area contributed by atoms with Crippen LogP contribution in [-0.4, -0.2) is 32.0 Å². The topological polar surface area (TPSA) is 82.6 Å². The van der Waals surface area contributed by atoms with E-state index in [9.17, 15) is 26.4 Å². The van der Waals surface area contributed by atoms with Crippen molar-refractivity contribution in [3.8, 4) is 5.88 Å². The molecule has 0 aliphatic rings. The Morgan fingerprint density at radius 3 is 2.37 bits per heavy atom. The Morgan fingerprint density at radius 1 is 1.32 bits per heavy atom. The number of halogens is 3. The third kappa shape index (κ3) is 3.56. The Balaban J connectivity index is 3.17. The van der Waals surface area contributed by atoms with Crippen molar-refractivity contribution in [3.63, 3.8) is 0 Å². The number of carbonyl (C=O) groups is 1. The van der Waals surface area contributed by atoms with E-state index in [4.69, 9.17) is 0 Å². The quantitative estimate of drug-likeness (QED) is 0.477. The van der Waals surface area contributed by atoms with E-state index >= 15 is 0 Å². The van der Waals surface area contributed by atoms with Gasteiger partial charge in [-0.05, 0) is 13.0 Å². The van der Waals surface area contributed by atoms with E-state index in [-0.39, 0.29) is 11.3 Å². The Kier molecular flexibility index (Phi) is 4.03. The van der Waals surface area contributed by atoms with Crippen LogP contribution in [0.5, 0.6) is 5.88 Å². The van der Waals surface area contributed by atoms with Gasteiger partial charge in [-0.25, -0.2) is 9.78 Å². The van der Waals surface area contributed by atoms with Crippen LogP contribution in [0.1, 0.15) is 16.1 Å². The molecular formula is C9H8F3NO5S. The van der Waals surface area contributed by atoms with Gasteiger partial charge in [0.2, 0.25) is 5.88 Å². The van der Waals surface area contributed by atoms with Crippen molar-refractivity contribution in [1.29, 1.82) is 0 Å². The van der Waals surface area contributed by atoms with Gasteiger partial charge in [0.1, 0.15) is 0 Å². The van der Waals surface area contributed by atoms with E-state index in [1.165, 1.54) is 13.0 Å². The molecule has 0 N–H and O–H groups in total. The fraction of sp³-hybridized carbons (Fsp3) is 0.333. The Bertz CT molecular complexity index is 596. The molecule has 1 aromatic rings. The van der Waals surface area contributed by atoms with Gasteiger partial charge in [-0.3, -0.25) is 0 Å². The average molecular weight is 299 g/mol. The third-order valence-electron chi connectivity index (χ3n) is 1.83. The van der Waals surface area contributed by atoms with Gasteiger partial charge in [0.25, 0.3) is 0 Å². The second kappa shape index (κ2) is 5.03. The van der Waals surface area contributed by atoms with Gasteiger partial charge in [0.15, 0.2) is 0 Å². The summed E-state index contributed by atoms with van der Waals surface area (Å²) in [6.07, 6.45) is 0. The third-order valence-corrected chi connectivity index (χ3v) is 2.79. The minimum atomic E-state index is -5.83. The van der Waals surface area contributed by atoms with Crippen LogP contribution in [0.15, 0.2) is 12.1 Å². The second-order valence-electron chi connectivity index (χ2n) is 3.31. The van der Waals surface area contributed by atoms with Crippen LogP contribution in [0.25, 0.3) is 0 Å². The largest absolute Gasteiger partial charge is 0.534 e. The lowest BCUT2D eigenvalue weighted by molar-refractivity contribution is -0.0501. The van der Waals surface area contributed by atoms with Gasteiger partial charge in [0, 0.05) is 11.8 Å². The number of ether oxygens (including phenoxy) is 1. The molecule has 1 heterocycles. The molecule has 1 rings (SSSR count). The van der Waals surface area contributed by atoms with Crippen molar-refractivity contribution in [2.45, 2.75) is 12.4 Å². The first kappa shape index (κ1) is 15.2. The molecule has 19 heavy (non-hydrogen) atoms. The van der Waals surface area contributed by atoms with E-state index in [0.717, 1.165) is 13.2 Å². The number of aromatic nitrogens is 1. The lowest BCUT2D eigenvalue weighted by Gasteiger charge is -2.09. The molecule has 1 aromatic heterocycles. The lowest BCUT2D eigenvalue weighted by Crippen LogP contribution is -2.28. The minimum absolute atomic E-state index is 0.0928. The molecule has 0 radical (unpaired) electrons. The monoisotopic (exact) mass is 299 g/mol. The number of hydrogen-bond donors (Lipinski definition) is 0. The van der Waals surface area contributed by atoms with E-state index in [1.54, 1.807) is 0 Å². The van der Waals surface area contributed by atoms with Crippen molar-refractivity contribution in [2.75, 3.05) is 7.11 Å². The summed E-state index contributed by atoms with van der Waals surface area (Å²) in [5.41, 5.74) is -5.67. The molecule has 0 saturated heterocycles. The molecule has 0 fully saturated rings. The van der Waals surface area contributed by atoms with E-state index < -0.39 is 27.5 Å². The number of rotatable bonds is 3. The van der Waals surface area contributed by atoms with Crippen molar-refractivity contribution >= 4 is 16.1 Å². The Labute approximate surface area is 106 Å². The average Bonchev–Trinajstić information content (AvgIpc) is 2.24. The summed E-state index contributed by atoms with van der Waals surface area (Å²) in [6.45, 7) is 1.35. The van der Waals surface area contributed by atoms with E-state index in [0.29, 0.717) is 0 Å². The predicted octanol–water partition coefficient (Wildman–Crippen LogP) is 1.41. The van der Waals surface area contributed by atoms with Crippen molar-refractivity contribution in [3.05, 3.63) is 23.4 Å². The molecule has 0 aromatic carbocycles. The molecule has 0 atom stereocenters. The standard InChI is InChI=1S/C9H8F3NO5S/c1-5-3-6(8(14)17-2)4-7(13-5)18-19(15,16)9(10,11)12/h3-4H,1-2H3. The minimum Gasteiger partial charge on any atom is -0.465 e. The number of alkyl halides is 3. The highest BCUT2D eigenvalue weighted by Crippen LogP contribution is 2.26. The fourth-order valence-electron chi connectivity index (χ4n) is 1.08. The van der Waals surface area contributed by atoms with Gasteiger partial charge >= 0.3 is 21.6 Å². The molecule has 0 saturated carbocycles. The Morgan fingerprint density at radius 2 is 1.89 bits per heavy atom. The molecule has 0 spiro atoms. The first-order valence-corrected chi connectivity index (χ1v) is 6.05. The highest BCUT2D eigenvalue weighted by molar-refractivity contribution is 7.87. The zero-order chi connectivity index (χ0) is 14.8. The molecule has 106 valence electrons. The van der Waals surface area contributed by atoms with Crippen LogP contribution < -0.4 is 4.18 Å². The van der Waals surface area contributed by atoms with Crippen LogP contribution in [0.4, 0.5) is 13.2 Å². The zero-order valence-electron chi connectivity index (χ0n) is 9.69. The number of hydrogen-bond acceptors (Lipinski definition) is 6. The number of esters is 1. The second-order valence-corrected chi connectivity index (χ2v) is 4.85. The van der Waals surface area contributed by atoms with E-state index in [2.05, 4.69) is 13.9 Å². The summed E-state index contributed by atoms with van der Waals surface area (Å²) in [4.78, 5) is 14.6. The zero-order valence-corrected chi connectivity index (χ0v) is 10.5. The van der Waals surface area contributed by atoms with Gasteiger partial charge in [-0.15, -0.1) is 0 Å². The Hall–Kier alpha value is -1.84. The van der Waals surface area contributed by atoms with E-state index in [1.807, 2.05) is 0 Å². The summed E-state index contributed by atoms with van der Waals surface area (Å²) in [5, 5.41) is 0. The lowest BCUT2D eigenvalue weighted by atomic mass is 10.2. The maximum atomic E-state index is 12.1. The van der Waals surface area contributed by atoms with Gasteiger partial charge in [0.05, 0.1) is 12.7 Å². The molecule has 10 heteroatoms. The summed E-state index contributed by atoms with van der Waals surface area (Å²) < 4.78 is 66.1. The molecular weight excluding hydrogens is 291 g/mol. The normalized spacial score (nSPS) is 12.1. The van der Waals surface area contributed by atoms with Crippen LogP contribution in [0, 0.1) is 6.92 Å². The summed E-state index contributed by atoms with van der Waals surface area (Å²) in [5.74, 6) is -1.72. The highest BCUT2D eigenvalue weighted by atomic mass is 32.2. The van der Waals surface area contributed by atoms with Gasteiger partial charge < -0.3 is 8.92 Å². The molecule has 0 aliphatic heterocycles. The highest BCUT2D eigenvalue weighted by Gasteiger charge is 2.48. The van der Waals surface area contributed by atoms with Gasteiger partial charge in [-0.1, -0.05) is 0 Å². The SMILES string of the molecule is COC(=O)c1cc(C)nc(OS(=O)(=O)C(F)(F)F)c1. The van der Waals surface area contributed by atoms with Crippen molar-refractivity contribution in [1.82, 2.24) is 4.98 Å².